The maximum absolute atomic E-state index is 3.91. The average Bonchev–Trinajstić information content (AvgIpc) is 1.98. The average molecular weight is 109 g/mol. The minimum Gasteiger partial charge on any atom is -0.272 e. The molecule has 1 aromatic rings. The molecular formula is C6H9N2. The number of hydrogen-bond donors (Lipinski definition) is 0. The Balaban J connectivity index is 3.19. The van der Waals surface area contributed by atoms with Gasteiger partial charge in [-0.25, -0.2) is 0 Å². The lowest BCUT2D eigenvalue weighted by molar-refractivity contribution is 0.737. The Morgan fingerprint density at radius 1 is 1.50 bits per heavy atom. The molecule has 0 saturated heterocycles. The van der Waals surface area contributed by atoms with Crippen molar-refractivity contribution in [3.05, 3.63) is 17.5 Å². The fourth-order valence-corrected chi connectivity index (χ4v) is 0.549. The summed E-state index contributed by atoms with van der Waals surface area (Å²) in [6.07, 6.45) is 2.85. The highest BCUT2D eigenvalue weighted by Gasteiger charge is 1.94. The molecule has 1 aromatic heterocycles. The van der Waals surface area contributed by atoms with Gasteiger partial charge in [0.2, 0.25) is 0 Å². The maximum atomic E-state index is 3.91. The van der Waals surface area contributed by atoms with Crippen LogP contribution < -0.4 is 0 Å². The third-order valence-electron chi connectivity index (χ3n) is 1.40. The number of nitrogens with zero attached hydrogens (tertiary/aromatic N) is 2. The van der Waals surface area contributed by atoms with E-state index in [0.29, 0.717) is 0 Å². The van der Waals surface area contributed by atoms with Gasteiger partial charge < -0.3 is 0 Å². The molecule has 0 unspecified atom stereocenters. The molecule has 0 aromatic carbocycles. The first-order valence-corrected chi connectivity index (χ1v) is 2.59. The third-order valence-corrected chi connectivity index (χ3v) is 1.40. The fourth-order valence-electron chi connectivity index (χ4n) is 0.549. The molecule has 43 valence electrons. The highest BCUT2D eigenvalue weighted by Crippen LogP contribution is 1.99. The van der Waals surface area contributed by atoms with E-state index in [9.17, 15) is 0 Å². The molecule has 0 bridgehead atoms. The first kappa shape index (κ1) is 5.35. The number of aryl methyl sites for hydroxylation is 2. The van der Waals surface area contributed by atoms with Gasteiger partial charge in [0.25, 0.3) is 0 Å². The van der Waals surface area contributed by atoms with E-state index < -0.39 is 0 Å². The van der Waals surface area contributed by atoms with Crippen LogP contribution in [0.25, 0.3) is 0 Å². The molecule has 0 aliphatic heterocycles. The molecule has 0 fully saturated rings. The van der Waals surface area contributed by atoms with Crippen LogP contribution in [0.15, 0.2) is 0 Å². The predicted molar refractivity (Wildman–Crippen MR) is 31.5 cm³/mol. The van der Waals surface area contributed by atoms with E-state index in [2.05, 4.69) is 11.3 Å². The zero-order valence-electron chi connectivity index (χ0n) is 5.39. The van der Waals surface area contributed by atoms with E-state index in [1.807, 2.05) is 25.6 Å². The second-order valence-corrected chi connectivity index (χ2v) is 1.95. The second kappa shape index (κ2) is 1.62. The third kappa shape index (κ3) is 0.619. The Morgan fingerprint density at radius 3 is 2.25 bits per heavy atom. The van der Waals surface area contributed by atoms with Crippen LogP contribution in [0.1, 0.15) is 11.3 Å². The van der Waals surface area contributed by atoms with Crippen LogP contribution in [0, 0.1) is 20.0 Å². The quantitative estimate of drug-likeness (QED) is 0.482. The zero-order valence-corrected chi connectivity index (χ0v) is 5.39. The first-order chi connectivity index (χ1) is 3.72. The van der Waals surface area contributed by atoms with Crippen molar-refractivity contribution in [2.45, 2.75) is 13.8 Å². The summed E-state index contributed by atoms with van der Waals surface area (Å²) in [5, 5.41) is 3.91. The van der Waals surface area contributed by atoms with Crippen molar-refractivity contribution in [2.24, 2.45) is 7.05 Å². The number of rotatable bonds is 0. The summed E-state index contributed by atoms with van der Waals surface area (Å²) in [5.41, 5.74) is 2.32. The van der Waals surface area contributed by atoms with Crippen LogP contribution in [0.4, 0.5) is 0 Å². The van der Waals surface area contributed by atoms with Crippen LogP contribution in [0.2, 0.25) is 0 Å². The van der Waals surface area contributed by atoms with E-state index in [4.69, 9.17) is 0 Å². The maximum Gasteiger partial charge on any atom is 0.116 e. The fraction of sp³-hybridized carbons (Fsp3) is 0.500. The molecule has 2 heteroatoms. The topological polar surface area (TPSA) is 17.8 Å². The molecule has 0 spiro atoms. The molecular weight excluding hydrogens is 100 g/mol. The second-order valence-electron chi connectivity index (χ2n) is 1.95. The molecule has 2 nitrogen and oxygen atoms in total. The molecule has 0 saturated carbocycles. The van der Waals surface area contributed by atoms with E-state index in [1.165, 1.54) is 5.69 Å². The molecule has 0 aliphatic carbocycles. The van der Waals surface area contributed by atoms with Gasteiger partial charge in [0.05, 0.1) is 0 Å². The minimum absolute atomic E-state index is 1.13. The van der Waals surface area contributed by atoms with Gasteiger partial charge in [0.1, 0.15) is 6.20 Å². The SMILES string of the molecule is Cc1[c]nn(C)c1C. The van der Waals surface area contributed by atoms with Gasteiger partial charge in [-0.3, -0.25) is 4.68 Å². The Kier molecular flexibility index (Phi) is 1.08. The minimum atomic E-state index is 1.13. The molecule has 0 N–H and O–H groups in total. The van der Waals surface area contributed by atoms with E-state index in [-0.39, 0.29) is 0 Å². The van der Waals surface area contributed by atoms with Crippen LogP contribution in [-0.2, 0) is 7.05 Å². The molecule has 8 heavy (non-hydrogen) atoms. The van der Waals surface area contributed by atoms with Crippen molar-refractivity contribution in [1.29, 1.82) is 0 Å². The highest BCUT2D eigenvalue weighted by atomic mass is 15.3. The lowest BCUT2D eigenvalue weighted by Crippen LogP contribution is -1.91. The van der Waals surface area contributed by atoms with E-state index in [0.717, 1.165) is 5.56 Å². The van der Waals surface area contributed by atoms with Crippen molar-refractivity contribution >= 4 is 0 Å². The summed E-state index contributed by atoms with van der Waals surface area (Å²) in [6, 6.07) is 0. The summed E-state index contributed by atoms with van der Waals surface area (Å²) in [6.45, 7) is 4.03. The van der Waals surface area contributed by atoms with Crippen molar-refractivity contribution in [3.63, 3.8) is 0 Å². The Labute approximate surface area is 49.1 Å². The standard InChI is InChI=1S/C6H9N2/c1-5-4-7-8(3)6(5)2/h1-3H3. The molecule has 0 atom stereocenters. The number of hydrogen-bond acceptors (Lipinski definition) is 1. The smallest absolute Gasteiger partial charge is 0.116 e. The van der Waals surface area contributed by atoms with Gasteiger partial charge in [0, 0.05) is 12.7 Å². The van der Waals surface area contributed by atoms with Gasteiger partial charge in [-0.2, -0.15) is 5.10 Å². The van der Waals surface area contributed by atoms with Crippen molar-refractivity contribution in [3.8, 4) is 0 Å². The Morgan fingerprint density at radius 2 is 2.12 bits per heavy atom. The molecule has 1 heterocycles. The van der Waals surface area contributed by atoms with Crippen molar-refractivity contribution < 1.29 is 0 Å². The molecule has 1 rings (SSSR count). The van der Waals surface area contributed by atoms with E-state index >= 15 is 0 Å². The largest absolute Gasteiger partial charge is 0.272 e. The molecule has 0 amide bonds. The Bertz CT molecular complexity index is 169. The van der Waals surface area contributed by atoms with Gasteiger partial charge in [0.15, 0.2) is 0 Å². The summed E-state index contributed by atoms with van der Waals surface area (Å²) in [4.78, 5) is 0. The van der Waals surface area contributed by atoms with Gasteiger partial charge >= 0.3 is 0 Å². The van der Waals surface area contributed by atoms with Gasteiger partial charge in [-0.1, -0.05) is 0 Å². The highest BCUT2D eigenvalue weighted by molar-refractivity contribution is 5.11. The van der Waals surface area contributed by atoms with Crippen LogP contribution >= 0.6 is 0 Å². The molecule has 0 aliphatic rings. The monoisotopic (exact) mass is 109 g/mol. The van der Waals surface area contributed by atoms with Crippen molar-refractivity contribution in [1.82, 2.24) is 9.78 Å². The molecule has 1 radical (unpaired) electrons. The first-order valence-electron chi connectivity index (χ1n) is 2.59. The summed E-state index contributed by atoms with van der Waals surface area (Å²) in [7, 11) is 1.92. The van der Waals surface area contributed by atoms with Crippen molar-refractivity contribution in [2.75, 3.05) is 0 Å². The predicted octanol–water partition coefficient (Wildman–Crippen LogP) is 0.837. The van der Waals surface area contributed by atoms with E-state index in [1.54, 1.807) is 0 Å². The Hall–Kier alpha value is -0.790. The zero-order chi connectivity index (χ0) is 6.15. The summed E-state index contributed by atoms with van der Waals surface area (Å²) >= 11 is 0. The lowest BCUT2D eigenvalue weighted by atomic mass is 10.3. The van der Waals surface area contributed by atoms with Gasteiger partial charge in [-0.05, 0) is 19.4 Å². The van der Waals surface area contributed by atoms with Gasteiger partial charge in [-0.15, -0.1) is 0 Å². The summed E-state index contributed by atoms with van der Waals surface area (Å²) in [5.74, 6) is 0. The van der Waals surface area contributed by atoms with Crippen LogP contribution in [0.5, 0.6) is 0 Å². The lowest BCUT2D eigenvalue weighted by Gasteiger charge is -1.90. The van der Waals surface area contributed by atoms with Crippen LogP contribution in [-0.4, -0.2) is 9.78 Å². The number of aromatic nitrogens is 2. The normalized spacial score (nSPS) is 9.88. The summed E-state index contributed by atoms with van der Waals surface area (Å²) < 4.78 is 1.81. The van der Waals surface area contributed by atoms with Crippen LogP contribution in [0.3, 0.4) is 0 Å².